The number of aromatic nitrogens is 1. The molecular weight excluding hydrogens is 296 g/mol. The van der Waals surface area contributed by atoms with Crippen LogP contribution < -0.4 is 5.32 Å². The molecule has 3 rings (SSSR count). The SMILES string of the molecule is CNC(=O)CC(c1ccc(Cl)cc1)c1ccc2cc[nH]c2c1. The summed E-state index contributed by atoms with van der Waals surface area (Å²) in [5, 5.41) is 4.57. The number of amides is 1. The number of carbonyl (C=O) groups excluding carboxylic acids is 1. The Morgan fingerprint density at radius 2 is 1.86 bits per heavy atom. The second-order valence-corrected chi connectivity index (χ2v) is 5.74. The number of fused-ring (bicyclic) bond motifs is 1. The Balaban J connectivity index is 2.03. The molecule has 0 fully saturated rings. The van der Waals surface area contributed by atoms with Gasteiger partial charge in [-0.1, -0.05) is 35.9 Å². The standard InChI is InChI=1S/C18H17ClN2O/c1-20-18(22)11-16(12-4-6-15(19)7-5-12)14-3-2-13-8-9-21-17(13)10-14/h2-10,16,21H,11H2,1H3,(H,20,22). The molecule has 1 heterocycles. The Morgan fingerprint density at radius 3 is 2.59 bits per heavy atom. The summed E-state index contributed by atoms with van der Waals surface area (Å²) in [4.78, 5) is 15.1. The normalized spacial score (nSPS) is 12.3. The number of benzene rings is 2. The summed E-state index contributed by atoms with van der Waals surface area (Å²) in [7, 11) is 1.66. The van der Waals surface area contributed by atoms with Crippen molar-refractivity contribution in [3.8, 4) is 0 Å². The van der Waals surface area contributed by atoms with Gasteiger partial charge in [-0.05, 0) is 40.8 Å². The van der Waals surface area contributed by atoms with E-state index < -0.39 is 0 Å². The van der Waals surface area contributed by atoms with E-state index in [4.69, 9.17) is 11.6 Å². The molecule has 0 aliphatic heterocycles. The topological polar surface area (TPSA) is 44.9 Å². The largest absolute Gasteiger partial charge is 0.361 e. The van der Waals surface area contributed by atoms with Crippen LogP contribution in [-0.4, -0.2) is 17.9 Å². The number of halogens is 1. The lowest BCUT2D eigenvalue weighted by Gasteiger charge is -2.17. The summed E-state index contributed by atoms with van der Waals surface area (Å²) in [6, 6.07) is 16.0. The zero-order chi connectivity index (χ0) is 15.5. The molecule has 0 saturated heterocycles. The van der Waals surface area contributed by atoms with Gasteiger partial charge in [0.1, 0.15) is 0 Å². The fourth-order valence-corrected chi connectivity index (χ4v) is 2.82. The molecule has 112 valence electrons. The summed E-state index contributed by atoms with van der Waals surface area (Å²) < 4.78 is 0. The number of hydrogen-bond donors (Lipinski definition) is 2. The minimum atomic E-state index is 0.00455. The van der Waals surface area contributed by atoms with Crippen LogP contribution >= 0.6 is 11.6 Å². The minimum Gasteiger partial charge on any atom is -0.361 e. The van der Waals surface area contributed by atoms with Crippen molar-refractivity contribution in [2.24, 2.45) is 0 Å². The number of H-pyrrole nitrogens is 1. The van der Waals surface area contributed by atoms with Gasteiger partial charge in [0.2, 0.25) is 5.91 Å². The van der Waals surface area contributed by atoms with Gasteiger partial charge >= 0.3 is 0 Å². The Hall–Kier alpha value is -2.26. The third-order valence-electron chi connectivity index (χ3n) is 3.92. The zero-order valence-corrected chi connectivity index (χ0v) is 13.0. The molecule has 1 aromatic heterocycles. The van der Waals surface area contributed by atoms with Crippen molar-refractivity contribution in [2.75, 3.05) is 7.05 Å². The Bertz CT molecular complexity index is 792. The molecule has 1 atom stereocenters. The first-order chi connectivity index (χ1) is 10.7. The lowest BCUT2D eigenvalue weighted by atomic mass is 9.88. The van der Waals surface area contributed by atoms with E-state index in [0.29, 0.717) is 11.4 Å². The quantitative estimate of drug-likeness (QED) is 0.749. The van der Waals surface area contributed by atoms with Crippen molar-refractivity contribution >= 4 is 28.4 Å². The summed E-state index contributed by atoms with van der Waals surface area (Å²) in [5.74, 6) is 0.0245. The van der Waals surface area contributed by atoms with Gasteiger partial charge in [-0.3, -0.25) is 4.79 Å². The molecule has 2 aromatic carbocycles. The Kier molecular flexibility index (Phi) is 4.16. The lowest BCUT2D eigenvalue weighted by Crippen LogP contribution is -2.21. The van der Waals surface area contributed by atoms with Crippen LogP contribution in [0.3, 0.4) is 0 Å². The molecule has 1 amide bonds. The van der Waals surface area contributed by atoms with Crippen LogP contribution in [0.25, 0.3) is 10.9 Å². The van der Waals surface area contributed by atoms with E-state index in [9.17, 15) is 4.79 Å². The molecule has 0 spiro atoms. The van der Waals surface area contributed by atoms with E-state index in [1.54, 1.807) is 7.05 Å². The minimum absolute atomic E-state index is 0.00455. The molecule has 22 heavy (non-hydrogen) atoms. The molecule has 1 unspecified atom stereocenters. The van der Waals surface area contributed by atoms with E-state index in [0.717, 1.165) is 16.6 Å². The van der Waals surface area contributed by atoms with E-state index >= 15 is 0 Å². The molecule has 3 aromatic rings. The van der Waals surface area contributed by atoms with Gasteiger partial charge in [0, 0.05) is 36.1 Å². The molecule has 3 nitrogen and oxygen atoms in total. The second kappa shape index (κ2) is 6.24. The maximum Gasteiger partial charge on any atom is 0.220 e. The van der Waals surface area contributed by atoms with Gasteiger partial charge in [0.25, 0.3) is 0 Å². The van der Waals surface area contributed by atoms with Crippen molar-refractivity contribution in [1.82, 2.24) is 10.3 Å². The number of hydrogen-bond acceptors (Lipinski definition) is 1. The number of aromatic amines is 1. The first-order valence-electron chi connectivity index (χ1n) is 7.20. The van der Waals surface area contributed by atoms with Crippen LogP contribution in [0.1, 0.15) is 23.5 Å². The average Bonchev–Trinajstić information content (AvgIpc) is 3.01. The maximum absolute atomic E-state index is 11.9. The van der Waals surface area contributed by atoms with Crippen molar-refractivity contribution < 1.29 is 4.79 Å². The first kappa shape index (κ1) is 14.7. The highest BCUT2D eigenvalue weighted by Gasteiger charge is 2.18. The zero-order valence-electron chi connectivity index (χ0n) is 12.3. The molecule has 0 saturated carbocycles. The van der Waals surface area contributed by atoms with Crippen molar-refractivity contribution in [3.63, 3.8) is 0 Å². The lowest BCUT2D eigenvalue weighted by molar-refractivity contribution is -0.120. The summed E-state index contributed by atoms with van der Waals surface area (Å²) in [6.07, 6.45) is 2.33. The summed E-state index contributed by atoms with van der Waals surface area (Å²) >= 11 is 5.97. The van der Waals surface area contributed by atoms with Gasteiger partial charge in [0.05, 0.1) is 0 Å². The molecule has 4 heteroatoms. The molecule has 0 radical (unpaired) electrons. The van der Waals surface area contributed by atoms with Gasteiger partial charge in [0.15, 0.2) is 0 Å². The van der Waals surface area contributed by atoms with Gasteiger partial charge in [-0.25, -0.2) is 0 Å². The summed E-state index contributed by atoms with van der Waals surface area (Å²) in [5.41, 5.74) is 3.27. The van der Waals surface area contributed by atoms with Crippen molar-refractivity contribution in [2.45, 2.75) is 12.3 Å². The van der Waals surface area contributed by atoms with Crippen LogP contribution in [0.4, 0.5) is 0 Å². The summed E-state index contributed by atoms with van der Waals surface area (Å²) in [6.45, 7) is 0. The molecule has 0 aliphatic rings. The van der Waals surface area contributed by atoms with Gasteiger partial charge in [-0.2, -0.15) is 0 Å². The average molecular weight is 313 g/mol. The fraction of sp³-hybridized carbons (Fsp3) is 0.167. The maximum atomic E-state index is 11.9. The van der Waals surface area contributed by atoms with E-state index in [1.807, 2.05) is 36.5 Å². The second-order valence-electron chi connectivity index (χ2n) is 5.31. The molecule has 0 bridgehead atoms. The highest BCUT2D eigenvalue weighted by Crippen LogP contribution is 2.30. The first-order valence-corrected chi connectivity index (χ1v) is 7.58. The van der Waals surface area contributed by atoms with Crippen molar-refractivity contribution in [1.29, 1.82) is 0 Å². The predicted octanol–water partition coefficient (Wildman–Crippen LogP) is 4.09. The predicted molar refractivity (Wildman–Crippen MR) is 90.3 cm³/mol. The van der Waals surface area contributed by atoms with Crippen LogP contribution in [-0.2, 0) is 4.79 Å². The van der Waals surface area contributed by atoms with Gasteiger partial charge in [-0.15, -0.1) is 0 Å². The Labute approximate surface area is 134 Å². The van der Waals surface area contributed by atoms with E-state index in [-0.39, 0.29) is 11.8 Å². The van der Waals surface area contributed by atoms with Gasteiger partial charge < -0.3 is 10.3 Å². The third kappa shape index (κ3) is 3.00. The fourth-order valence-electron chi connectivity index (χ4n) is 2.69. The highest BCUT2D eigenvalue weighted by molar-refractivity contribution is 6.30. The highest BCUT2D eigenvalue weighted by atomic mass is 35.5. The molecular formula is C18H17ClN2O. The smallest absolute Gasteiger partial charge is 0.220 e. The molecule has 2 N–H and O–H groups in total. The van der Waals surface area contributed by atoms with E-state index in [1.165, 1.54) is 5.39 Å². The van der Waals surface area contributed by atoms with Crippen LogP contribution in [0.15, 0.2) is 54.7 Å². The molecule has 0 aliphatic carbocycles. The van der Waals surface area contributed by atoms with E-state index in [2.05, 4.69) is 28.5 Å². The van der Waals surface area contributed by atoms with Crippen LogP contribution in [0.2, 0.25) is 5.02 Å². The number of nitrogens with one attached hydrogen (secondary N) is 2. The Morgan fingerprint density at radius 1 is 1.14 bits per heavy atom. The number of carbonyl (C=O) groups is 1. The van der Waals surface area contributed by atoms with Crippen molar-refractivity contribution in [3.05, 3.63) is 70.9 Å². The number of rotatable bonds is 4. The van der Waals surface area contributed by atoms with Crippen LogP contribution in [0.5, 0.6) is 0 Å². The van der Waals surface area contributed by atoms with Crippen LogP contribution in [0, 0.1) is 0 Å². The monoisotopic (exact) mass is 312 g/mol. The third-order valence-corrected chi connectivity index (χ3v) is 4.17.